The number of carboxylic acid groups (broad SMARTS) is 1. The molecule has 5 N–H and O–H groups in total. The van der Waals surface area contributed by atoms with Crippen LogP contribution in [0.15, 0.2) is 35.1 Å². The lowest BCUT2D eigenvalue weighted by Gasteiger charge is -2.27. The van der Waals surface area contributed by atoms with Gasteiger partial charge in [-0.1, -0.05) is 23.5 Å². The van der Waals surface area contributed by atoms with Crippen molar-refractivity contribution in [1.82, 2.24) is 19.9 Å². The number of fused-ring (bicyclic) bond motifs is 1. The molecule has 11 nitrogen and oxygen atoms in total. The highest BCUT2D eigenvalue weighted by atomic mass is 32.1. The van der Waals surface area contributed by atoms with E-state index < -0.39 is 17.9 Å². The van der Waals surface area contributed by atoms with Crippen molar-refractivity contribution in [2.45, 2.75) is 18.9 Å². The minimum absolute atomic E-state index is 0.0444. The second-order valence-electron chi connectivity index (χ2n) is 7.40. The van der Waals surface area contributed by atoms with Crippen LogP contribution in [-0.2, 0) is 9.59 Å². The Morgan fingerprint density at radius 2 is 2.06 bits per heavy atom. The van der Waals surface area contributed by atoms with Crippen molar-refractivity contribution in [3.63, 3.8) is 0 Å². The smallest absolute Gasteiger partial charge is 0.303 e. The molecule has 12 heteroatoms. The van der Waals surface area contributed by atoms with Gasteiger partial charge < -0.3 is 26.4 Å². The Hall–Kier alpha value is -3.35. The number of hydrogen-bond acceptors (Lipinski definition) is 9. The molecule has 1 aromatic carbocycles. The molecule has 0 radical (unpaired) electrons. The molecule has 1 atom stereocenters. The van der Waals surface area contributed by atoms with Crippen molar-refractivity contribution in [1.29, 1.82) is 0 Å². The molecule has 168 valence electrons. The number of carboxylic acids is 1. The first-order valence-electron chi connectivity index (χ1n) is 10.2. The molecule has 0 spiro atoms. The highest BCUT2D eigenvalue weighted by molar-refractivity contribution is 7.19. The molecular weight excluding hydrogens is 434 g/mol. The lowest BCUT2D eigenvalue weighted by molar-refractivity contribution is -0.137. The first-order valence-corrected chi connectivity index (χ1v) is 11.0. The zero-order valence-electron chi connectivity index (χ0n) is 17.2. The molecule has 0 bridgehead atoms. The molecule has 2 aromatic heterocycles. The van der Waals surface area contributed by atoms with Gasteiger partial charge in [0.05, 0.1) is 6.04 Å². The topological polar surface area (TPSA) is 155 Å². The summed E-state index contributed by atoms with van der Waals surface area (Å²) in [6, 6.07) is 7.57. The maximum absolute atomic E-state index is 12.6. The summed E-state index contributed by atoms with van der Waals surface area (Å²) in [4.78, 5) is 42.7. The van der Waals surface area contributed by atoms with Gasteiger partial charge in [0, 0.05) is 49.9 Å². The summed E-state index contributed by atoms with van der Waals surface area (Å²) >= 11 is 1.28. The largest absolute Gasteiger partial charge is 0.481 e. The number of anilines is 2. The van der Waals surface area contributed by atoms with Gasteiger partial charge in [0.25, 0.3) is 5.56 Å². The van der Waals surface area contributed by atoms with E-state index in [2.05, 4.69) is 25.6 Å². The first kappa shape index (κ1) is 21.9. The number of aromatic nitrogens is 3. The number of carbonyl (C=O) groups excluding carboxylic acids is 1. The summed E-state index contributed by atoms with van der Waals surface area (Å²) in [5.74, 6) is -0.829. The van der Waals surface area contributed by atoms with Crippen molar-refractivity contribution in [2.24, 2.45) is 5.73 Å². The third-order valence-electron chi connectivity index (χ3n) is 5.06. The van der Waals surface area contributed by atoms with Gasteiger partial charge in [-0.15, -0.1) is 0 Å². The Balaban J connectivity index is 1.55. The molecule has 1 fully saturated rings. The van der Waals surface area contributed by atoms with Crippen LogP contribution in [0.3, 0.4) is 0 Å². The zero-order chi connectivity index (χ0) is 22.7. The van der Waals surface area contributed by atoms with E-state index in [1.165, 1.54) is 21.9 Å². The van der Waals surface area contributed by atoms with Gasteiger partial charge in [-0.05, 0) is 18.6 Å². The van der Waals surface area contributed by atoms with Gasteiger partial charge in [0.1, 0.15) is 10.8 Å². The number of nitrogens with zero attached hydrogens (tertiary/aromatic N) is 4. The summed E-state index contributed by atoms with van der Waals surface area (Å²) < 4.78 is 1.28. The van der Waals surface area contributed by atoms with Gasteiger partial charge >= 0.3 is 5.97 Å². The maximum atomic E-state index is 12.6. The van der Waals surface area contributed by atoms with Crippen LogP contribution in [0, 0.1) is 0 Å². The molecule has 1 saturated heterocycles. The molecule has 4 rings (SSSR count). The SMILES string of the molecule is N[C@H](CCC(=O)O)C(=O)Nc1cccc(-c2nn3c(=O)cc(N4CCNCC4)nc3s2)c1. The average molecular weight is 458 g/mol. The summed E-state index contributed by atoms with van der Waals surface area (Å²) in [7, 11) is 0. The minimum atomic E-state index is -1.00. The number of rotatable bonds is 7. The molecular formula is C20H23N7O4S. The highest BCUT2D eigenvalue weighted by Crippen LogP contribution is 2.27. The van der Waals surface area contributed by atoms with Gasteiger partial charge in [0.15, 0.2) is 0 Å². The van der Waals surface area contributed by atoms with Crippen LogP contribution in [0.2, 0.25) is 0 Å². The molecule has 3 heterocycles. The fourth-order valence-electron chi connectivity index (χ4n) is 3.35. The zero-order valence-corrected chi connectivity index (χ0v) is 18.0. The molecule has 1 amide bonds. The Kier molecular flexibility index (Phi) is 6.44. The van der Waals surface area contributed by atoms with Gasteiger partial charge in [-0.3, -0.25) is 14.4 Å². The van der Waals surface area contributed by atoms with Crippen LogP contribution in [0.5, 0.6) is 0 Å². The van der Waals surface area contributed by atoms with E-state index in [1.807, 2.05) is 6.07 Å². The normalized spacial score (nSPS) is 15.0. The fraction of sp³-hybridized carbons (Fsp3) is 0.350. The number of carbonyl (C=O) groups is 2. The highest BCUT2D eigenvalue weighted by Gasteiger charge is 2.18. The van der Waals surface area contributed by atoms with E-state index in [0.29, 0.717) is 27.0 Å². The second-order valence-corrected chi connectivity index (χ2v) is 8.36. The molecule has 0 saturated carbocycles. The van der Waals surface area contributed by atoms with Crippen LogP contribution < -0.4 is 26.8 Å². The molecule has 1 aliphatic rings. The van der Waals surface area contributed by atoms with E-state index in [-0.39, 0.29) is 18.4 Å². The fourth-order valence-corrected chi connectivity index (χ4v) is 4.24. The minimum Gasteiger partial charge on any atom is -0.481 e. The third-order valence-corrected chi connectivity index (χ3v) is 6.01. The van der Waals surface area contributed by atoms with E-state index >= 15 is 0 Å². The van der Waals surface area contributed by atoms with Crippen molar-refractivity contribution < 1.29 is 14.7 Å². The predicted octanol–water partition coefficient (Wildman–Crippen LogP) is 0.358. The maximum Gasteiger partial charge on any atom is 0.303 e. The van der Waals surface area contributed by atoms with Gasteiger partial charge in [-0.25, -0.2) is 4.98 Å². The first-order chi connectivity index (χ1) is 15.4. The number of hydrogen-bond donors (Lipinski definition) is 4. The molecule has 0 unspecified atom stereocenters. The molecule has 1 aliphatic heterocycles. The standard InChI is InChI=1S/C20H23N7O4S/c21-14(4-5-17(29)30)18(31)23-13-3-1-2-12(10-13)19-25-27-16(28)11-15(24-20(27)32-19)26-8-6-22-7-9-26/h1-3,10-11,14,22H,4-9,21H2,(H,23,31)(H,29,30)/t14-/m1/s1. The van der Waals surface area contributed by atoms with Gasteiger partial charge in [0.2, 0.25) is 10.9 Å². The number of nitrogens with two attached hydrogens (primary N) is 1. The Morgan fingerprint density at radius 3 is 2.81 bits per heavy atom. The predicted molar refractivity (Wildman–Crippen MR) is 121 cm³/mol. The summed E-state index contributed by atoms with van der Waals surface area (Å²) in [6.07, 6.45) is -0.138. The summed E-state index contributed by atoms with van der Waals surface area (Å²) in [6.45, 7) is 3.25. The number of amides is 1. The number of aliphatic carboxylic acids is 1. The molecule has 32 heavy (non-hydrogen) atoms. The monoisotopic (exact) mass is 457 g/mol. The van der Waals surface area contributed by atoms with E-state index in [9.17, 15) is 14.4 Å². The van der Waals surface area contributed by atoms with E-state index in [0.717, 1.165) is 26.2 Å². The number of piperazine rings is 1. The Labute approximate surface area is 186 Å². The van der Waals surface area contributed by atoms with Crippen molar-refractivity contribution >= 4 is 39.7 Å². The van der Waals surface area contributed by atoms with Crippen molar-refractivity contribution in [3.8, 4) is 10.6 Å². The van der Waals surface area contributed by atoms with Crippen LogP contribution in [0.4, 0.5) is 11.5 Å². The lowest BCUT2D eigenvalue weighted by atomic mass is 10.1. The van der Waals surface area contributed by atoms with Crippen molar-refractivity contribution in [3.05, 3.63) is 40.7 Å². The lowest BCUT2D eigenvalue weighted by Crippen LogP contribution is -2.44. The van der Waals surface area contributed by atoms with E-state index in [4.69, 9.17) is 10.8 Å². The molecule has 3 aromatic rings. The van der Waals surface area contributed by atoms with Crippen LogP contribution >= 0.6 is 11.3 Å². The van der Waals surface area contributed by atoms with Crippen molar-refractivity contribution in [2.75, 3.05) is 36.4 Å². The van der Waals surface area contributed by atoms with Crippen LogP contribution in [0.1, 0.15) is 12.8 Å². The van der Waals surface area contributed by atoms with Crippen LogP contribution in [0.25, 0.3) is 15.5 Å². The Bertz CT molecular complexity index is 1200. The number of nitrogens with one attached hydrogen (secondary N) is 2. The summed E-state index contributed by atoms with van der Waals surface area (Å²) in [5, 5.41) is 19.7. The number of benzene rings is 1. The summed E-state index contributed by atoms with van der Waals surface area (Å²) in [5.41, 5.74) is 6.72. The quantitative estimate of drug-likeness (QED) is 0.393. The van der Waals surface area contributed by atoms with E-state index in [1.54, 1.807) is 18.2 Å². The average Bonchev–Trinajstić information content (AvgIpc) is 3.23. The van der Waals surface area contributed by atoms with Crippen LogP contribution in [-0.4, -0.2) is 63.8 Å². The third kappa shape index (κ3) is 4.93. The second kappa shape index (κ2) is 9.42. The Morgan fingerprint density at radius 1 is 1.28 bits per heavy atom. The van der Waals surface area contributed by atoms with Gasteiger partial charge in [-0.2, -0.15) is 9.61 Å². The molecule has 0 aliphatic carbocycles.